The summed E-state index contributed by atoms with van der Waals surface area (Å²) >= 11 is 0. The topological polar surface area (TPSA) is 74.7 Å². The molecule has 1 unspecified atom stereocenters. The molecule has 2 fully saturated rings. The zero-order chi connectivity index (χ0) is 21.0. The van der Waals surface area contributed by atoms with Gasteiger partial charge < -0.3 is 24.3 Å². The quantitative estimate of drug-likeness (QED) is 0.739. The van der Waals surface area contributed by atoms with Crippen LogP contribution in [0.25, 0.3) is 11.1 Å². The molecule has 1 aromatic heterocycles. The molecule has 7 nitrogen and oxygen atoms in total. The number of benzene rings is 1. The maximum atomic E-state index is 6.22. The molecule has 2 aromatic rings. The molecule has 5 rings (SSSR count). The van der Waals surface area contributed by atoms with Gasteiger partial charge in [-0.15, -0.1) is 0 Å². The minimum Gasteiger partial charge on any atom is -0.486 e. The van der Waals surface area contributed by atoms with Gasteiger partial charge in [-0.1, -0.05) is 13.0 Å². The standard InChI is InChI=1S/C24H31N3O4/c1-16-2-5-19(6-3-16)26-24-25-13-20(23(27-24)31-15-17-8-9-28-14-17)18-4-7-21-22(12-18)30-11-10-29-21/h4,7,12-13,16-17,19H,2-3,5-6,8-11,14-15H2,1H3,(H,25,26,27). The van der Waals surface area contributed by atoms with Gasteiger partial charge in [0.15, 0.2) is 11.5 Å². The minimum absolute atomic E-state index is 0.402. The smallest absolute Gasteiger partial charge is 0.226 e. The average Bonchev–Trinajstić information content (AvgIpc) is 3.33. The van der Waals surface area contributed by atoms with Crippen LogP contribution < -0.4 is 19.5 Å². The predicted octanol–water partition coefficient (Wildman–Crippen LogP) is 4.32. The number of aromatic nitrogens is 2. The van der Waals surface area contributed by atoms with Gasteiger partial charge in [0.1, 0.15) is 13.2 Å². The van der Waals surface area contributed by atoms with E-state index < -0.39 is 0 Å². The van der Waals surface area contributed by atoms with E-state index in [0.717, 1.165) is 61.0 Å². The summed E-state index contributed by atoms with van der Waals surface area (Å²) in [5, 5.41) is 3.53. The number of ether oxygens (including phenoxy) is 4. The number of nitrogens with zero attached hydrogens (tertiary/aromatic N) is 2. The van der Waals surface area contributed by atoms with Crippen LogP contribution in [0.3, 0.4) is 0 Å². The van der Waals surface area contributed by atoms with E-state index in [1.165, 1.54) is 12.8 Å². The van der Waals surface area contributed by atoms with Crippen molar-refractivity contribution >= 4 is 5.95 Å². The van der Waals surface area contributed by atoms with E-state index in [1.54, 1.807) is 0 Å². The number of nitrogens with one attached hydrogen (secondary N) is 1. The zero-order valence-corrected chi connectivity index (χ0v) is 18.1. The Morgan fingerprint density at radius 3 is 2.68 bits per heavy atom. The first-order valence-electron chi connectivity index (χ1n) is 11.5. The fraction of sp³-hybridized carbons (Fsp3) is 0.583. The molecule has 1 N–H and O–H groups in total. The number of hydrogen-bond donors (Lipinski definition) is 1. The van der Waals surface area contributed by atoms with Gasteiger partial charge >= 0.3 is 0 Å². The molecule has 0 bridgehead atoms. The van der Waals surface area contributed by atoms with Crippen molar-refractivity contribution in [2.45, 2.75) is 45.1 Å². The summed E-state index contributed by atoms with van der Waals surface area (Å²) in [5.41, 5.74) is 1.82. The third-order valence-corrected chi connectivity index (χ3v) is 6.44. The normalized spacial score (nSPS) is 25.3. The minimum atomic E-state index is 0.402. The maximum Gasteiger partial charge on any atom is 0.226 e. The summed E-state index contributed by atoms with van der Waals surface area (Å²) in [4.78, 5) is 9.40. The van der Waals surface area contributed by atoms with Crippen molar-refractivity contribution in [3.8, 4) is 28.5 Å². The fourth-order valence-electron chi connectivity index (χ4n) is 4.45. The lowest BCUT2D eigenvalue weighted by atomic mass is 9.87. The zero-order valence-electron chi connectivity index (χ0n) is 18.1. The highest BCUT2D eigenvalue weighted by Crippen LogP contribution is 2.37. The van der Waals surface area contributed by atoms with Crippen LogP contribution in [0, 0.1) is 11.8 Å². The second kappa shape index (κ2) is 9.30. The summed E-state index contributed by atoms with van der Waals surface area (Å²) < 4.78 is 23.1. The first kappa shape index (κ1) is 20.4. The summed E-state index contributed by atoms with van der Waals surface area (Å²) in [6, 6.07) is 6.35. The Morgan fingerprint density at radius 2 is 1.87 bits per heavy atom. The summed E-state index contributed by atoms with van der Waals surface area (Å²) in [7, 11) is 0. The van der Waals surface area contributed by atoms with Crippen LogP contribution in [-0.2, 0) is 4.74 Å². The molecule has 1 atom stereocenters. The lowest BCUT2D eigenvalue weighted by Gasteiger charge is -2.27. The fourth-order valence-corrected chi connectivity index (χ4v) is 4.45. The molecular weight excluding hydrogens is 394 g/mol. The second-order valence-corrected chi connectivity index (χ2v) is 8.91. The molecule has 1 saturated heterocycles. The molecule has 0 radical (unpaired) electrons. The van der Waals surface area contributed by atoms with Crippen LogP contribution in [0.15, 0.2) is 24.4 Å². The van der Waals surface area contributed by atoms with Gasteiger partial charge in [0.25, 0.3) is 0 Å². The van der Waals surface area contributed by atoms with E-state index in [-0.39, 0.29) is 0 Å². The molecule has 0 amide bonds. The molecule has 3 heterocycles. The number of anilines is 1. The highest BCUT2D eigenvalue weighted by molar-refractivity contribution is 5.71. The molecule has 1 saturated carbocycles. The first-order valence-corrected chi connectivity index (χ1v) is 11.5. The Labute approximate surface area is 183 Å². The summed E-state index contributed by atoms with van der Waals surface area (Å²) in [5.74, 6) is 3.97. The van der Waals surface area contributed by atoms with Gasteiger partial charge in [-0.05, 0) is 55.7 Å². The van der Waals surface area contributed by atoms with E-state index in [1.807, 2.05) is 24.4 Å². The van der Waals surface area contributed by atoms with Crippen molar-refractivity contribution in [2.75, 3.05) is 38.4 Å². The molecule has 3 aliphatic rings. The van der Waals surface area contributed by atoms with Crippen molar-refractivity contribution in [1.82, 2.24) is 9.97 Å². The molecular formula is C24H31N3O4. The van der Waals surface area contributed by atoms with Crippen LogP contribution in [0.4, 0.5) is 5.95 Å². The predicted molar refractivity (Wildman–Crippen MR) is 118 cm³/mol. The van der Waals surface area contributed by atoms with Crippen LogP contribution in [-0.4, -0.2) is 49.0 Å². The Balaban J connectivity index is 1.39. The SMILES string of the molecule is CC1CCC(Nc2ncc(-c3ccc4c(c3)OCCO4)c(OCC3CCOC3)n2)CC1. The number of hydrogen-bond acceptors (Lipinski definition) is 7. The van der Waals surface area contributed by atoms with Gasteiger partial charge in [0.05, 0.1) is 18.8 Å². The van der Waals surface area contributed by atoms with Crippen LogP contribution in [0.2, 0.25) is 0 Å². The second-order valence-electron chi connectivity index (χ2n) is 8.91. The molecule has 0 spiro atoms. The van der Waals surface area contributed by atoms with Crippen molar-refractivity contribution in [2.24, 2.45) is 11.8 Å². The van der Waals surface area contributed by atoms with E-state index >= 15 is 0 Å². The Bertz CT molecular complexity index is 892. The van der Waals surface area contributed by atoms with E-state index in [4.69, 9.17) is 23.9 Å². The largest absolute Gasteiger partial charge is 0.486 e. The highest BCUT2D eigenvalue weighted by atomic mass is 16.6. The van der Waals surface area contributed by atoms with Crippen molar-refractivity contribution < 1.29 is 18.9 Å². The van der Waals surface area contributed by atoms with E-state index in [0.29, 0.717) is 43.6 Å². The van der Waals surface area contributed by atoms with Crippen molar-refractivity contribution in [3.63, 3.8) is 0 Å². The van der Waals surface area contributed by atoms with Crippen molar-refractivity contribution in [3.05, 3.63) is 24.4 Å². The van der Waals surface area contributed by atoms with Gasteiger partial charge in [-0.2, -0.15) is 4.98 Å². The van der Waals surface area contributed by atoms with Crippen LogP contribution >= 0.6 is 0 Å². The van der Waals surface area contributed by atoms with Gasteiger partial charge in [-0.25, -0.2) is 4.98 Å². The van der Waals surface area contributed by atoms with Gasteiger partial charge in [0.2, 0.25) is 11.8 Å². The van der Waals surface area contributed by atoms with Crippen LogP contribution in [0.5, 0.6) is 17.4 Å². The third kappa shape index (κ3) is 4.87. The van der Waals surface area contributed by atoms with Gasteiger partial charge in [-0.3, -0.25) is 0 Å². The molecule has 2 aliphatic heterocycles. The maximum absolute atomic E-state index is 6.22. The Kier molecular flexibility index (Phi) is 6.11. The lowest BCUT2D eigenvalue weighted by Crippen LogP contribution is -2.26. The Hall–Kier alpha value is -2.54. The average molecular weight is 426 g/mol. The first-order chi connectivity index (χ1) is 15.2. The number of fused-ring (bicyclic) bond motifs is 1. The Morgan fingerprint density at radius 1 is 1.03 bits per heavy atom. The molecule has 31 heavy (non-hydrogen) atoms. The van der Waals surface area contributed by atoms with E-state index in [2.05, 4.69) is 17.2 Å². The van der Waals surface area contributed by atoms with Crippen molar-refractivity contribution in [1.29, 1.82) is 0 Å². The van der Waals surface area contributed by atoms with Gasteiger partial charge in [0, 0.05) is 24.8 Å². The van der Waals surface area contributed by atoms with E-state index in [9.17, 15) is 0 Å². The molecule has 1 aliphatic carbocycles. The molecule has 7 heteroatoms. The third-order valence-electron chi connectivity index (χ3n) is 6.44. The number of rotatable bonds is 6. The summed E-state index contributed by atoms with van der Waals surface area (Å²) in [6.45, 7) is 5.60. The monoisotopic (exact) mass is 425 g/mol. The van der Waals surface area contributed by atoms with Crippen LogP contribution in [0.1, 0.15) is 39.0 Å². The highest BCUT2D eigenvalue weighted by Gasteiger charge is 2.22. The molecule has 166 valence electrons. The lowest BCUT2D eigenvalue weighted by molar-refractivity contribution is 0.165. The summed E-state index contributed by atoms with van der Waals surface area (Å²) in [6.07, 6.45) is 7.69. The molecule has 1 aromatic carbocycles.